The lowest BCUT2D eigenvalue weighted by Gasteiger charge is -2.08. The van der Waals surface area contributed by atoms with Crippen LogP contribution in [0.3, 0.4) is 0 Å². The molecule has 0 radical (unpaired) electrons. The Labute approximate surface area is 197 Å². The standard InChI is InChI=1S/C25H18N4O6/c1-14-7-9-17(29(34)35)12-19(14)27-25(33)22(30)13-21-24(32)28-20-11-16(8-10-18(20)26-21)23(31)15-5-3-2-4-6-15/h2-12H,13H2,1H3,(H,27,33)(H,28,32). The summed E-state index contributed by atoms with van der Waals surface area (Å²) >= 11 is 0. The van der Waals surface area contributed by atoms with E-state index in [0.717, 1.165) is 6.07 Å². The Kier molecular flexibility index (Phi) is 6.27. The van der Waals surface area contributed by atoms with Crippen LogP contribution in [0.5, 0.6) is 0 Å². The van der Waals surface area contributed by atoms with Crippen molar-refractivity contribution in [2.75, 3.05) is 5.32 Å². The lowest BCUT2D eigenvalue weighted by molar-refractivity contribution is -0.384. The Morgan fingerprint density at radius 2 is 1.74 bits per heavy atom. The van der Waals surface area contributed by atoms with Gasteiger partial charge < -0.3 is 10.3 Å². The molecule has 0 atom stereocenters. The molecular formula is C25H18N4O6. The van der Waals surface area contributed by atoms with E-state index in [1.807, 2.05) is 0 Å². The van der Waals surface area contributed by atoms with Gasteiger partial charge in [0, 0.05) is 23.3 Å². The van der Waals surface area contributed by atoms with Crippen LogP contribution in [-0.4, -0.2) is 32.4 Å². The minimum absolute atomic E-state index is 0.119. The molecule has 0 saturated carbocycles. The summed E-state index contributed by atoms with van der Waals surface area (Å²) in [6.45, 7) is 1.62. The van der Waals surface area contributed by atoms with Crippen LogP contribution in [-0.2, 0) is 16.0 Å². The van der Waals surface area contributed by atoms with Gasteiger partial charge in [-0.05, 0) is 30.7 Å². The minimum atomic E-state index is -1.03. The van der Waals surface area contributed by atoms with E-state index in [2.05, 4.69) is 15.3 Å². The van der Waals surface area contributed by atoms with Crippen molar-refractivity contribution < 1.29 is 19.3 Å². The van der Waals surface area contributed by atoms with Crippen molar-refractivity contribution in [2.24, 2.45) is 0 Å². The average Bonchev–Trinajstić information content (AvgIpc) is 2.85. The maximum atomic E-state index is 12.7. The fourth-order valence-corrected chi connectivity index (χ4v) is 3.42. The number of nitro groups is 1. The topological polar surface area (TPSA) is 152 Å². The van der Waals surface area contributed by atoms with E-state index >= 15 is 0 Å². The molecular weight excluding hydrogens is 452 g/mol. The number of hydrogen-bond donors (Lipinski definition) is 2. The van der Waals surface area contributed by atoms with Crippen molar-refractivity contribution in [2.45, 2.75) is 13.3 Å². The molecule has 2 N–H and O–H groups in total. The van der Waals surface area contributed by atoms with Gasteiger partial charge in [-0.2, -0.15) is 0 Å². The molecule has 0 saturated heterocycles. The molecule has 4 aromatic rings. The average molecular weight is 470 g/mol. The summed E-state index contributed by atoms with van der Waals surface area (Å²) < 4.78 is 0. The molecule has 174 valence electrons. The Balaban J connectivity index is 1.54. The van der Waals surface area contributed by atoms with E-state index in [4.69, 9.17) is 0 Å². The van der Waals surface area contributed by atoms with Gasteiger partial charge in [-0.15, -0.1) is 0 Å². The minimum Gasteiger partial charge on any atom is -0.319 e. The van der Waals surface area contributed by atoms with E-state index in [-0.39, 0.29) is 22.9 Å². The van der Waals surface area contributed by atoms with E-state index in [0.29, 0.717) is 27.7 Å². The molecule has 35 heavy (non-hydrogen) atoms. The number of aromatic amines is 1. The molecule has 0 aliphatic carbocycles. The van der Waals surface area contributed by atoms with Crippen LogP contribution in [0.15, 0.2) is 71.5 Å². The van der Waals surface area contributed by atoms with Crippen molar-refractivity contribution in [1.82, 2.24) is 9.97 Å². The number of H-pyrrole nitrogens is 1. The van der Waals surface area contributed by atoms with Crippen molar-refractivity contribution in [3.05, 3.63) is 110 Å². The molecule has 1 heterocycles. The fraction of sp³-hybridized carbons (Fsp3) is 0.0800. The van der Waals surface area contributed by atoms with Gasteiger partial charge in [-0.3, -0.25) is 29.3 Å². The Bertz CT molecular complexity index is 1560. The zero-order valence-electron chi connectivity index (χ0n) is 18.4. The molecule has 4 rings (SSSR count). The van der Waals surface area contributed by atoms with Crippen LogP contribution in [0.4, 0.5) is 11.4 Å². The number of nitrogens with zero attached hydrogens (tertiary/aromatic N) is 2. The van der Waals surface area contributed by atoms with E-state index in [9.17, 15) is 29.3 Å². The summed E-state index contributed by atoms with van der Waals surface area (Å²) in [5, 5.41) is 13.3. The third-order valence-electron chi connectivity index (χ3n) is 5.32. The van der Waals surface area contributed by atoms with Gasteiger partial charge in [0.1, 0.15) is 5.69 Å². The van der Waals surface area contributed by atoms with Crippen LogP contribution in [0.2, 0.25) is 0 Å². The molecule has 0 bridgehead atoms. The van der Waals surface area contributed by atoms with Gasteiger partial charge in [0.25, 0.3) is 17.2 Å². The summed E-state index contributed by atoms with van der Waals surface area (Å²) in [6, 6.07) is 17.1. The first-order chi connectivity index (χ1) is 16.7. The summed E-state index contributed by atoms with van der Waals surface area (Å²) in [6.07, 6.45) is -0.574. The molecule has 10 heteroatoms. The maximum absolute atomic E-state index is 12.7. The Morgan fingerprint density at radius 3 is 2.46 bits per heavy atom. The number of Topliss-reactive ketones (excluding diaryl/α,β-unsaturated/α-hetero) is 1. The first kappa shape index (κ1) is 23.2. The molecule has 0 aliphatic rings. The molecule has 3 aromatic carbocycles. The zero-order chi connectivity index (χ0) is 25.1. The number of fused-ring (bicyclic) bond motifs is 1. The highest BCUT2D eigenvalue weighted by Crippen LogP contribution is 2.22. The predicted molar refractivity (Wildman–Crippen MR) is 127 cm³/mol. The summed E-state index contributed by atoms with van der Waals surface area (Å²) in [4.78, 5) is 67.1. The molecule has 0 unspecified atom stereocenters. The smallest absolute Gasteiger partial charge is 0.292 e. The third-order valence-corrected chi connectivity index (χ3v) is 5.32. The highest BCUT2D eigenvalue weighted by molar-refractivity contribution is 6.41. The Morgan fingerprint density at radius 1 is 1.00 bits per heavy atom. The van der Waals surface area contributed by atoms with Crippen molar-refractivity contribution in [3.8, 4) is 0 Å². The van der Waals surface area contributed by atoms with Gasteiger partial charge in [0.15, 0.2) is 5.78 Å². The largest absolute Gasteiger partial charge is 0.319 e. The quantitative estimate of drug-likeness (QED) is 0.182. The Hall–Kier alpha value is -4.99. The van der Waals surface area contributed by atoms with Gasteiger partial charge in [-0.25, -0.2) is 4.98 Å². The van der Waals surface area contributed by atoms with E-state index in [1.165, 1.54) is 18.2 Å². The number of anilines is 1. The number of nitro benzene ring substituents is 1. The van der Waals surface area contributed by atoms with Crippen molar-refractivity contribution >= 4 is 39.9 Å². The molecule has 0 aliphatic heterocycles. The normalized spacial score (nSPS) is 10.7. The van der Waals surface area contributed by atoms with Crippen molar-refractivity contribution in [1.29, 1.82) is 0 Å². The second-order valence-electron chi connectivity index (χ2n) is 7.75. The number of benzene rings is 3. The number of aromatic nitrogens is 2. The number of non-ortho nitro benzene ring substituents is 1. The first-order valence-electron chi connectivity index (χ1n) is 10.4. The van der Waals surface area contributed by atoms with Crippen molar-refractivity contribution in [3.63, 3.8) is 0 Å². The van der Waals surface area contributed by atoms with Crippen LogP contribution in [0.1, 0.15) is 27.2 Å². The van der Waals surface area contributed by atoms with Crippen LogP contribution in [0.25, 0.3) is 11.0 Å². The maximum Gasteiger partial charge on any atom is 0.292 e. The second-order valence-corrected chi connectivity index (χ2v) is 7.75. The lowest BCUT2D eigenvalue weighted by Crippen LogP contribution is -2.28. The molecule has 1 aromatic heterocycles. The molecule has 1 amide bonds. The SMILES string of the molecule is Cc1ccc([N+](=O)[O-])cc1NC(=O)C(=O)Cc1nc2ccc(C(=O)c3ccccc3)cc2[nH]c1=O. The summed E-state index contributed by atoms with van der Waals surface area (Å²) in [7, 11) is 0. The van der Waals surface area contributed by atoms with Crippen LogP contribution < -0.4 is 10.9 Å². The van der Waals surface area contributed by atoms with Gasteiger partial charge in [-0.1, -0.05) is 36.4 Å². The second kappa shape index (κ2) is 9.48. The highest BCUT2D eigenvalue weighted by Gasteiger charge is 2.20. The number of aryl methyl sites for hydroxylation is 1. The summed E-state index contributed by atoms with van der Waals surface area (Å²) in [5.41, 5.74) is 1.07. The number of rotatable bonds is 7. The number of hydrogen-bond acceptors (Lipinski definition) is 7. The zero-order valence-corrected chi connectivity index (χ0v) is 18.4. The number of carbonyl (C=O) groups is 3. The van der Waals surface area contributed by atoms with Gasteiger partial charge >= 0.3 is 0 Å². The first-order valence-corrected chi connectivity index (χ1v) is 10.4. The van der Waals surface area contributed by atoms with Crippen LogP contribution >= 0.6 is 0 Å². The van der Waals surface area contributed by atoms with E-state index in [1.54, 1.807) is 49.4 Å². The van der Waals surface area contributed by atoms with Gasteiger partial charge in [0.05, 0.1) is 28.1 Å². The number of carbonyl (C=O) groups excluding carboxylic acids is 3. The number of nitrogens with one attached hydrogen (secondary N) is 2. The predicted octanol–water partition coefficient (Wildman–Crippen LogP) is 3.12. The third kappa shape index (κ3) is 5.01. The molecule has 0 fully saturated rings. The molecule has 0 spiro atoms. The molecule has 10 nitrogen and oxygen atoms in total. The summed E-state index contributed by atoms with van der Waals surface area (Å²) in [5.74, 6) is -2.19. The van der Waals surface area contributed by atoms with Crippen LogP contribution in [0, 0.1) is 17.0 Å². The number of amides is 1. The monoisotopic (exact) mass is 470 g/mol. The lowest BCUT2D eigenvalue weighted by atomic mass is 10.0. The highest BCUT2D eigenvalue weighted by atomic mass is 16.6. The fourth-order valence-electron chi connectivity index (χ4n) is 3.42. The number of ketones is 2. The van der Waals surface area contributed by atoms with Gasteiger partial charge in [0.2, 0.25) is 5.78 Å². The van der Waals surface area contributed by atoms with E-state index < -0.39 is 28.6 Å².